The van der Waals surface area contributed by atoms with Gasteiger partial charge in [-0.25, -0.2) is 13.4 Å². The van der Waals surface area contributed by atoms with Gasteiger partial charge in [0.25, 0.3) is 5.91 Å². The molecule has 4 rings (SSSR count). The number of nitriles is 1. The topological polar surface area (TPSA) is 147 Å². The lowest BCUT2D eigenvalue weighted by molar-refractivity contribution is -0.166. The van der Waals surface area contributed by atoms with E-state index in [1.807, 2.05) is 0 Å². The molecule has 1 aliphatic carbocycles. The average Bonchev–Trinajstić information content (AvgIpc) is 3.35. The molecule has 1 aromatic carbocycles. The first-order valence-corrected chi connectivity index (χ1v) is 12.5. The van der Waals surface area contributed by atoms with Gasteiger partial charge in [0.15, 0.2) is 11.6 Å². The van der Waals surface area contributed by atoms with Crippen LogP contribution < -0.4 is 13.8 Å². The highest BCUT2D eigenvalue weighted by atomic mass is 32.2. The fraction of sp³-hybridized carbons (Fsp3) is 0.455. The minimum Gasteiger partial charge on any atom is -0.453 e. The van der Waals surface area contributed by atoms with Crippen molar-refractivity contribution in [2.75, 3.05) is 24.9 Å². The Balaban J connectivity index is 1.72. The molecule has 1 saturated heterocycles. The van der Waals surface area contributed by atoms with Gasteiger partial charge in [-0.15, -0.1) is 0 Å². The van der Waals surface area contributed by atoms with E-state index in [0.717, 1.165) is 0 Å². The summed E-state index contributed by atoms with van der Waals surface area (Å²) in [5.74, 6) is -2.69. The van der Waals surface area contributed by atoms with Gasteiger partial charge in [0, 0.05) is 24.2 Å². The summed E-state index contributed by atoms with van der Waals surface area (Å²) in [6, 6.07) is 4.28. The molecule has 12 nitrogen and oxygen atoms in total. The summed E-state index contributed by atoms with van der Waals surface area (Å²) >= 11 is 0. The van der Waals surface area contributed by atoms with Gasteiger partial charge in [-0.2, -0.15) is 18.8 Å². The average molecular weight is 521 g/mol. The molecule has 2 heterocycles. The number of nitrogens with zero attached hydrogens (tertiary/aromatic N) is 5. The van der Waals surface area contributed by atoms with Crippen molar-refractivity contribution in [3.8, 4) is 22.9 Å². The molecule has 1 amide bonds. The van der Waals surface area contributed by atoms with Crippen LogP contribution in [0.3, 0.4) is 0 Å². The van der Waals surface area contributed by atoms with E-state index in [1.165, 1.54) is 36.1 Å². The monoisotopic (exact) mass is 520 g/mol. The van der Waals surface area contributed by atoms with Gasteiger partial charge in [-0.1, -0.05) is 0 Å². The molecule has 2 atom stereocenters. The van der Waals surface area contributed by atoms with Crippen molar-refractivity contribution in [3.63, 3.8) is 0 Å². The number of rotatable bonds is 8. The molecule has 1 unspecified atom stereocenters. The van der Waals surface area contributed by atoms with Crippen molar-refractivity contribution in [2.24, 2.45) is 0 Å². The molecule has 192 valence electrons. The predicted octanol–water partition coefficient (Wildman–Crippen LogP) is 1.10. The third kappa shape index (κ3) is 4.59. The SMILES string of the molecule is CC(OC(=O)[C@@H](C)N(C)C)Oc1ccc(-c2cnn(C3(C#N)CC3)c2)c(F)c1N1CC(=O)NS1(=O)=O. The van der Waals surface area contributed by atoms with E-state index in [4.69, 9.17) is 9.47 Å². The Hall–Kier alpha value is -3.70. The fourth-order valence-corrected chi connectivity index (χ4v) is 4.79. The Morgan fingerprint density at radius 3 is 2.58 bits per heavy atom. The van der Waals surface area contributed by atoms with Gasteiger partial charge in [-0.05, 0) is 46.0 Å². The second-order valence-corrected chi connectivity index (χ2v) is 10.5. The van der Waals surface area contributed by atoms with E-state index < -0.39 is 58.0 Å². The molecular weight excluding hydrogens is 495 g/mol. The number of hydrogen-bond donors (Lipinski definition) is 1. The fourth-order valence-electron chi connectivity index (χ4n) is 3.63. The number of nitrogens with one attached hydrogen (secondary N) is 1. The molecule has 0 spiro atoms. The zero-order valence-electron chi connectivity index (χ0n) is 20.1. The first kappa shape index (κ1) is 25.4. The van der Waals surface area contributed by atoms with Crippen molar-refractivity contribution >= 4 is 27.8 Å². The normalized spacial score (nSPS) is 19.4. The van der Waals surface area contributed by atoms with Crippen LogP contribution in [-0.2, 0) is 30.1 Å². The van der Waals surface area contributed by atoms with Crippen LogP contribution in [0.25, 0.3) is 11.1 Å². The van der Waals surface area contributed by atoms with Gasteiger partial charge in [0.2, 0.25) is 6.29 Å². The molecule has 1 aromatic heterocycles. The maximum Gasteiger partial charge on any atom is 0.326 e. The van der Waals surface area contributed by atoms with E-state index in [2.05, 4.69) is 11.2 Å². The van der Waals surface area contributed by atoms with Crippen molar-refractivity contribution in [1.82, 2.24) is 19.4 Å². The third-order valence-corrected chi connectivity index (χ3v) is 7.48. The summed E-state index contributed by atoms with van der Waals surface area (Å²) in [7, 11) is -1.01. The van der Waals surface area contributed by atoms with Crippen LogP contribution in [0, 0.1) is 17.1 Å². The van der Waals surface area contributed by atoms with E-state index in [0.29, 0.717) is 22.7 Å². The van der Waals surface area contributed by atoms with Crippen molar-refractivity contribution in [3.05, 3.63) is 30.3 Å². The number of likely N-dealkylation sites (N-methyl/N-ethyl adjacent to an activating group) is 1. The highest BCUT2D eigenvalue weighted by molar-refractivity contribution is 7.92. The molecule has 2 aliphatic rings. The molecular formula is C22H25FN6O6S. The van der Waals surface area contributed by atoms with E-state index in [9.17, 15) is 23.3 Å². The van der Waals surface area contributed by atoms with Crippen molar-refractivity contribution in [2.45, 2.75) is 44.6 Å². The first-order chi connectivity index (χ1) is 16.9. The quantitative estimate of drug-likeness (QED) is 0.399. The molecule has 36 heavy (non-hydrogen) atoms. The van der Waals surface area contributed by atoms with Gasteiger partial charge >= 0.3 is 16.2 Å². The number of benzene rings is 1. The molecule has 0 bridgehead atoms. The van der Waals surface area contributed by atoms with Crippen LogP contribution in [-0.4, -0.2) is 67.9 Å². The van der Waals surface area contributed by atoms with Crippen molar-refractivity contribution in [1.29, 1.82) is 5.26 Å². The minimum absolute atomic E-state index is 0.0160. The van der Waals surface area contributed by atoms with E-state index in [-0.39, 0.29) is 11.3 Å². The van der Waals surface area contributed by atoms with Gasteiger partial charge < -0.3 is 9.47 Å². The zero-order chi connectivity index (χ0) is 26.4. The van der Waals surface area contributed by atoms with Gasteiger partial charge in [-0.3, -0.25) is 19.2 Å². The second kappa shape index (κ2) is 9.07. The number of anilines is 1. The van der Waals surface area contributed by atoms with E-state index in [1.54, 1.807) is 30.6 Å². The highest BCUT2D eigenvalue weighted by Crippen LogP contribution is 2.44. The zero-order valence-corrected chi connectivity index (χ0v) is 20.9. The summed E-state index contributed by atoms with van der Waals surface area (Å²) < 4.78 is 55.8. The molecule has 14 heteroatoms. The maximum absolute atomic E-state index is 15.9. The van der Waals surface area contributed by atoms with Crippen LogP contribution in [0.4, 0.5) is 10.1 Å². The lowest BCUT2D eigenvalue weighted by atomic mass is 10.1. The Morgan fingerprint density at radius 1 is 1.33 bits per heavy atom. The number of aromatic nitrogens is 2. The molecule has 2 aromatic rings. The molecule has 2 fully saturated rings. The summed E-state index contributed by atoms with van der Waals surface area (Å²) in [5, 5.41) is 13.6. The predicted molar refractivity (Wildman–Crippen MR) is 124 cm³/mol. The van der Waals surface area contributed by atoms with Gasteiger partial charge in [0.05, 0.1) is 12.3 Å². The summed E-state index contributed by atoms with van der Waals surface area (Å²) in [6.45, 7) is 2.36. The Bertz CT molecular complexity index is 1360. The summed E-state index contributed by atoms with van der Waals surface area (Å²) in [4.78, 5) is 25.8. The smallest absolute Gasteiger partial charge is 0.326 e. The van der Waals surface area contributed by atoms with Crippen LogP contribution >= 0.6 is 0 Å². The summed E-state index contributed by atoms with van der Waals surface area (Å²) in [5.41, 5.74) is -1.00. The Morgan fingerprint density at radius 2 is 2.03 bits per heavy atom. The minimum atomic E-state index is -4.39. The third-order valence-electron chi connectivity index (χ3n) is 6.10. The van der Waals surface area contributed by atoms with Crippen LogP contribution in [0.15, 0.2) is 24.5 Å². The number of ether oxygens (including phenoxy) is 2. The highest BCUT2D eigenvalue weighted by Gasteiger charge is 2.46. The number of esters is 1. The number of hydrogen-bond acceptors (Lipinski definition) is 9. The van der Waals surface area contributed by atoms with Crippen LogP contribution in [0.1, 0.15) is 26.7 Å². The lowest BCUT2D eigenvalue weighted by Crippen LogP contribution is -2.37. The van der Waals surface area contributed by atoms with Crippen LogP contribution in [0.2, 0.25) is 0 Å². The Labute approximate surface area is 207 Å². The van der Waals surface area contributed by atoms with Gasteiger partial charge in [0.1, 0.15) is 23.8 Å². The van der Waals surface area contributed by atoms with Crippen LogP contribution in [0.5, 0.6) is 5.75 Å². The number of carbonyl (C=O) groups is 2. The Kier molecular flexibility index (Phi) is 6.40. The number of halogens is 1. The maximum atomic E-state index is 15.9. The number of amides is 1. The second-order valence-electron chi connectivity index (χ2n) is 8.89. The molecule has 1 aliphatic heterocycles. The molecule has 1 saturated carbocycles. The largest absolute Gasteiger partial charge is 0.453 e. The first-order valence-electron chi connectivity index (χ1n) is 11.0. The standard InChI is InChI=1S/C22H25FN6O6S/c1-13(27(3)4)21(31)35-14(2)34-17-6-5-16(15-9-25-29(10-15)22(12-24)7-8-22)19(23)20(17)28-11-18(30)26-36(28,32)33/h5-6,9-10,13-14H,7-8,11H2,1-4H3,(H,26,30)/t13-,14?/m1/s1. The molecule has 0 radical (unpaired) electrons. The van der Waals surface area contributed by atoms with E-state index >= 15 is 4.39 Å². The lowest BCUT2D eigenvalue weighted by Gasteiger charge is -2.25. The number of carbonyl (C=O) groups excluding carboxylic acids is 2. The summed E-state index contributed by atoms with van der Waals surface area (Å²) in [6.07, 6.45) is 2.91. The van der Waals surface area contributed by atoms with Crippen molar-refractivity contribution < 1.29 is 31.9 Å². The molecule has 1 N–H and O–H groups in total.